The van der Waals surface area contributed by atoms with Gasteiger partial charge in [-0.1, -0.05) is 30.3 Å². The zero-order valence-electron chi connectivity index (χ0n) is 11.7. The Morgan fingerprint density at radius 1 is 1.33 bits per heavy atom. The summed E-state index contributed by atoms with van der Waals surface area (Å²) in [6.07, 6.45) is -4.52. The quantitative estimate of drug-likeness (QED) is 0.748. The number of benzene rings is 1. The molecule has 0 saturated carbocycles. The van der Waals surface area contributed by atoms with E-state index in [1.54, 1.807) is 13.0 Å². The van der Waals surface area contributed by atoms with Crippen molar-refractivity contribution >= 4 is 5.91 Å². The van der Waals surface area contributed by atoms with Crippen molar-refractivity contribution in [3.8, 4) is 0 Å². The zero-order valence-corrected chi connectivity index (χ0v) is 11.7. The van der Waals surface area contributed by atoms with E-state index in [-0.39, 0.29) is 18.0 Å². The van der Waals surface area contributed by atoms with Crippen molar-refractivity contribution in [2.75, 3.05) is 6.54 Å². The number of rotatable bonds is 6. The van der Waals surface area contributed by atoms with Gasteiger partial charge in [-0.05, 0) is 18.9 Å². The van der Waals surface area contributed by atoms with Gasteiger partial charge in [0.05, 0.1) is 6.54 Å². The lowest BCUT2D eigenvalue weighted by Gasteiger charge is -2.31. The Hall–Kier alpha value is -1.60. The van der Waals surface area contributed by atoms with Gasteiger partial charge in [-0.25, -0.2) is 0 Å². The van der Waals surface area contributed by atoms with Crippen molar-refractivity contribution in [3.63, 3.8) is 0 Å². The Balaban J connectivity index is 2.80. The highest BCUT2D eigenvalue weighted by Crippen LogP contribution is 2.38. The van der Waals surface area contributed by atoms with Crippen LogP contribution < -0.4 is 11.1 Å². The Morgan fingerprint density at radius 2 is 1.90 bits per heavy atom. The molecule has 0 aliphatic heterocycles. The molecule has 0 aromatic heterocycles. The lowest BCUT2D eigenvalue weighted by Crippen LogP contribution is -2.51. The summed E-state index contributed by atoms with van der Waals surface area (Å²) < 4.78 is 39.4. The van der Waals surface area contributed by atoms with Crippen LogP contribution in [0.25, 0.3) is 0 Å². The molecule has 1 rings (SSSR count). The Morgan fingerprint density at radius 3 is 2.38 bits per heavy atom. The van der Waals surface area contributed by atoms with E-state index in [4.69, 9.17) is 5.73 Å². The minimum atomic E-state index is -4.90. The number of hydrogen-bond acceptors (Lipinski definition) is 3. The highest BCUT2D eigenvalue weighted by molar-refractivity contribution is 5.76. The van der Waals surface area contributed by atoms with Crippen molar-refractivity contribution in [2.45, 2.75) is 37.6 Å². The molecule has 1 aromatic carbocycles. The van der Waals surface area contributed by atoms with E-state index in [1.807, 2.05) is 0 Å². The van der Waals surface area contributed by atoms with E-state index in [0.29, 0.717) is 6.42 Å². The maximum atomic E-state index is 13.1. The average Bonchev–Trinajstić information content (AvgIpc) is 2.42. The Labute approximate surface area is 121 Å². The monoisotopic (exact) mass is 304 g/mol. The van der Waals surface area contributed by atoms with E-state index in [2.05, 4.69) is 5.32 Å². The summed E-state index contributed by atoms with van der Waals surface area (Å²) in [4.78, 5) is 11.5. The fourth-order valence-electron chi connectivity index (χ4n) is 1.75. The predicted octanol–water partition coefficient (Wildman–Crippen LogP) is 1.68. The summed E-state index contributed by atoms with van der Waals surface area (Å²) >= 11 is 0. The number of nitrogens with one attached hydrogen (secondary N) is 1. The van der Waals surface area contributed by atoms with Crippen LogP contribution in [-0.2, 0) is 10.4 Å². The number of halogens is 3. The summed E-state index contributed by atoms with van der Waals surface area (Å²) in [7, 11) is 0. The van der Waals surface area contributed by atoms with E-state index in [1.165, 1.54) is 24.3 Å². The van der Waals surface area contributed by atoms with Gasteiger partial charge in [0.15, 0.2) is 0 Å². The number of carbonyl (C=O) groups is 1. The minimum Gasteiger partial charge on any atom is -0.375 e. The second-order valence-corrected chi connectivity index (χ2v) is 5.02. The molecule has 0 aliphatic rings. The van der Waals surface area contributed by atoms with Crippen molar-refractivity contribution in [1.29, 1.82) is 0 Å². The van der Waals surface area contributed by atoms with Crippen molar-refractivity contribution in [2.24, 2.45) is 5.73 Å². The first-order valence-electron chi connectivity index (χ1n) is 6.53. The number of hydrogen-bond donors (Lipinski definition) is 3. The molecule has 2 atom stereocenters. The molecule has 118 valence electrons. The molecule has 21 heavy (non-hydrogen) atoms. The van der Waals surface area contributed by atoms with E-state index < -0.39 is 24.2 Å². The van der Waals surface area contributed by atoms with Crippen LogP contribution in [0.1, 0.15) is 25.3 Å². The predicted molar refractivity (Wildman–Crippen MR) is 72.3 cm³/mol. The van der Waals surface area contributed by atoms with Gasteiger partial charge in [-0.2, -0.15) is 13.2 Å². The summed E-state index contributed by atoms with van der Waals surface area (Å²) in [5.74, 6) is -0.578. The van der Waals surface area contributed by atoms with Crippen LogP contribution in [0.15, 0.2) is 30.3 Å². The number of amides is 1. The van der Waals surface area contributed by atoms with Gasteiger partial charge in [-0.3, -0.25) is 4.79 Å². The third-order valence-corrected chi connectivity index (χ3v) is 3.09. The van der Waals surface area contributed by atoms with Crippen LogP contribution in [0.5, 0.6) is 0 Å². The topological polar surface area (TPSA) is 75.4 Å². The fourth-order valence-corrected chi connectivity index (χ4v) is 1.75. The molecule has 2 unspecified atom stereocenters. The van der Waals surface area contributed by atoms with Crippen LogP contribution in [0.4, 0.5) is 13.2 Å². The molecular formula is C14H19F3N2O2. The number of carbonyl (C=O) groups excluding carboxylic acids is 1. The molecule has 0 heterocycles. The smallest absolute Gasteiger partial charge is 0.375 e. The highest BCUT2D eigenvalue weighted by atomic mass is 19.4. The number of alkyl halides is 3. The highest BCUT2D eigenvalue weighted by Gasteiger charge is 2.55. The van der Waals surface area contributed by atoms with Gasteiger partial charge in [0.1, 0.15) is 0 Å². The maximum Gasteiger partial charge on any atom is 0.423 e. The van der Waals surface area contributed by atoms with Crippen LogP contribution in [0.2, 0.25) is 0 Å². The molecule has 0 bridgehead atoms. The SMILES string of the molecule is CC(N)CCC(=O)NCC(O)(c1ccccc1)C(F)(F)F. The lowest BCUT2D eigenvalue weighted by atomic mass is 9.93. The van der Waals surface area contributed by atoms with Crippen LogP contribution in [-0.4, -0.2) is 29.8 Å². The van der Waals surface area contributed by atoms with Crippen molar-refractivity contribution in [3.05, 3.63) is 35.9 Å². The molecule has 7 heteroatoms. The largest absolute Gasteiger partial charge is 0.423 e. The number of aliphatic hydroxyl groups is 1. The Bertz CT molecular complexity index is 463. The Kier molecular flexibility index (Phi) is 5.74. The van der Waals surface area contributed by atoms with Crippen LogP contribution >= 0.6 is 0 Å². The molecule has 1 amide bonds. The van der Waals surface area contributed by atoms with Gasteiger partial charge < -0.3 is 16.2 Å². The molecule has 4 N–H and O–H groups in total. The normalized spacial score (nSPS) is 16.1. The molecule has 0 saturated heterocycles. The third-order valence-electron chi connectivity index (χ3n) is 3.09. The van der Waals surface area contributed by atoms with E-state index in [9.17, 15) is 23.1 Å². The van der Waals surface area contributed by atoms with Crippen LogP contribution in [0, 0.1) is 0 Å². The van der Waals surface area contributed by atoms with Gasteiger partial charge in [0.2, 0.25) is 11.5 Å². The first-order chi connectivity index (χ1) is 9.67. The maximum absolute atomic E-state index is 13.1. The molecule has 0 radical (unpaired) electrons. The van der Waals surface area contributed by atoms with Crippen LogP contribution in [0.3, 0.4) is 0 Å². The summed E-state index contributed by atoms with van der Waals surface area (Å²) in [6, 6.07) is 6.45. The molecule has 4 nitrogen and oxygen atoms in total. The number of nitrogens with two attached hydrogens (primary N) is 1. The third kappa shape index (κ3) is 4.71. The van der Waals surface area contributed by atoms with E-state index in [0.717, 1.165) is 0 Å². The first kappa shape index (κ1) is 17.5. The lowest BCUT2D eigenvalue weighted by molar-refractivity contribution is -0.264. The van der Waals surface area contributed by atoms with Gasteiger partial charge in [0, 0.05) is 12.5 Å². The van der Waals surface area contributed by atoms with Gasteiger partial charge in [-0.15, -0.1) is 0 Å². The molecule has 1 aromatic rings. The summed E-state index contributed by atoms with van der Waals surface area (Å²) in [5.41, 5.74) is 2.05. The second kappa shape index (κ2) is 6.91. The molecule has 0 aliphatic carbocycles. The van der Waals surface area contributed by atoms with Crippen molar-refractivity contribution in [1.82, 2.24) is 5.32 Å². The van der Waals surface area contributed by atoms with E-state index >= 15 is 0 Å². The minimum absolute atomic E-state index is 0.0143. The summed E-state index contributed by atoms with van der Waals surface area (Å²) in [5, 5.41) is 12.1. The molecule has 0 spiro atoms. The molecule has 0 fully saturated rings. The first-order valence-corrected chi connectivity index (χ1v) is 6.53. The van der Waals surface area contributed by atoms with Crippen molar-refractivity contribution < 1.29 is 23.1 Å². The standard InChI is InChI=1S/C14H19F3N2O2/c1-10(18)7-8-12(20)19-9-13(21,14(15,16)17)11-5-3-2-4-6-11/h2-6,10,21H,7-9,18H2,1H3,(H,19,20). The van der Waals surface area contributed by atoms with Gasteiger partial charge in [0.25, 0.3) is 0 Å². The molecular weight excluding hydrogens is 285 g/mol. The van der Waals surface area contributed by atoms with Gasteiger partial charge >= 0.3 is 6.18 Å². The fraction of sp³-hybridized carbons (Fsp3) is 0.500. The summed E-state index contributed by atoms with van der Waals surface area (Å²) in [6.45, 7) is 0.765. The second-order valence-electron chi connectivity index (χ2n) is 5.02. The zero-order chi connectivity index (χ0) is 16.1. The average molecular weight is 304 g/mol.